The number of hydrogen-bond acceptors (Lipinski definition) is 7. The van der Waals surface area contributed by atoms with Crippen LogP contribution in [0, 0.1) is 0 Å². The van der Waals surface area contributed by atoms with Crippen LogP contribution in [0.25, 0.3) is 16.6 Å². The summed E-state index contributed by atoms with van der Waals surface area (Å²) in [6.07, 6.45) is 3.61. The number of carbonyl (C=O) groups is 2. The summed E-state index contributed by atoms with van der Waals surface area (Å²) in [4.78, 5) is 37.0. The summed E-state index contributed by atoms with van der Waals surface area (Å²) in [5.74, 6) is 0.523. The third-order valence-corrected chi connectivity index (χ3v) is 7.31. The number of benzene rings is 1. The van der Waals surface area contributed by atoms with Crippen molar-refractivity contribution < 1.29 is 19.4 Å². The molecule has 1 N–H and O–H groups in total. The Morgan fingerprint density at radius 2 is 1.95 bits per heavy atom. The zero-order valence-electron chi connectivity index (χ0n) is 22.4. The molecule has 10 nitrogen and oxygen atoms in total. The van der Waals surface area contributed by atoms with Gasteiger partial charge in [-0.1, -0.05) is 43.8 Å². The molecule has 0 fully saturated rings. The summed E-state index contributed by atoms with van der Waals surface area (Å²) in [5, 5.41) is 16.0. The number of rotatable bonds is 4. The van der Waals surface area contributed by atoms with Gasteiger partial charge in [0, 0.05) is 22.7 Å². The van der Waals surface area contributed by atoms with Crippen LogP contribution in [0.4, 0.5) is 15.5 Å². The van der Waals surface area contributed by atoms with Gasteiger partial charge in [-0.25, -0.2) is 24.0 Å². The monoisotopic (exact) mass is 536 g/mol. The third kappa shape index (κ3) is 4.48. The molecule has 0 saturated heterocycles. The van der Waals surface area contributed by atoms with Gasteiger partial charge in [-0.3, -0.25) is 0 Å². The summed E-state index contributed by atoms with van der Waals surface area (Å²) >= 11 is 1.40. The van der Waals surface area contributed by atoms with Crippen molar-refractivity contribution in [1.82, 2.24) is 24.1 Å². The van der Waals surface area contributed by atoms with Crippen LogP contribution in [-0.4, -0.2) is 59.3 Å². The molecule has 1 amide bonds. The van der Waals surface area contributed by atoms with Gasteiger partial charge in [0.15, 0.2) is 10.8 Å². The predicted molar refractivity (Wildman–Crippen MR) is 147 cm³/mol. The van der Waals surface area contributed by atoms with Gasteiger partial charge in [0.1, 0.15) is 5.60 Å². The molecule has 200 valence electrons. The Morgan fingerprint density at radius 1 is 1.21 bits per heavy atom. The first kappa shape index (κ1) is 26.0. The lowest BCUT2D eigenvalue weighted by molar-refractivity contribution is 0.0558. The van der Waals surface area contributed by atoms with E-state index >= 15 is 0 Å². The Labute approximate surface area is 225 Å². The van der Waals surface area contributed by atoms with Gasteiger partial charge in [0.2, 0.25) is 5.95 Å². The molecule has 1 aromatic carbocycles. The quantitative estimate of drug-likeness (QED) is 0.328. The van der Waals surface area contributed by atoms with Crippen LogP contribution in [0.5, 0.6) is 0 Å². The molecule has 1 aliphatic rings. The minimum Gasteiger partial charge on any atom is -0.464 e. The van der Waals surface area contributed by atoms with Gasteiger partial charge in [-0.05, 0) is 63.8 Å². The average Bonchev–Trinajstić information content (AvgIpc) is 3.42. The Morgan fingerprint density at radius 3 is 2.61 bits per heavy atom. The molecule has 4 aromatic rings. The SMILES string of the molecule is CSc1nc(N(C(=O)OC(C)(C)C)[C@@H]2CCc3c(c4ccccc4n3C(=O)O)C2)n2ncc(C(C)C)c2n1. The second kappa shape index (κ2) is 9.61. The molecule has 0 aliphatic heterocycles. The number of anilines is 1. The Hall–Kier alpha value is -3.60. The number of aromatic nitrogens is 5. The molecule has 1 atom stereocenters. The van der Waals surface area contributed by atoms with E-state index in [0.29, 0.717) is 41.5 Å². The van der Waals surface area contributed by atoms with Crippen LogP contribution in [-0.2, 0) is 17.6 Å². The zero-order valence-corrected chi connectivity index (χ0v) is 23.2. The summed E-state index contributed by atoms with van der Waals surface area (Å²) in [6.45, 7) is 9.64. The van der Waals surface area contributed by atoms with Crippen molar-refractivity contribution >= 4 is 46.4 Å². The predicted octanol–water partition coefficient (Wildman–Crippen LogP) is 5.75. The largest absolute Gasteiger partial charge is 0.464 e. The standard InChI is InChI=1S/C27H32N6O4S/c1-15(2)19-14-28-33-22(19)29-23(38-6)30-24(33)31(26(36)37-27(3,4)5)16-11-12-21-18(13-16)17-9-7-8-10-20(17)32(21)25(34)35/h7-10,14-16H,11-13H2,1-6H3,(H,34,35)/t16-/m1/s1. The van der Waals surface area contributed by atoms with Gasteiger partial charge < -0.3 is 9.84 Å². The number of carbonyl (C=O) groups excluding carboxylic acids is 1. The fraction of sp³-hybridized carbons (Fsp3) is 0.444. The maximum absolute atomic E-state index is 13.8. The Balaban J connectivity index is 1.68. The highest BCUT2D eigenvalue weighted by Crippen LogP contribution is 2.36. The molecule has 5 rings (SSSR count). The number of ether oxygens (including phenoxy) is 1. The van der Waals surface area contributed by atoms with E-state index in [1.165, 1.54) is 16.3 Å². The van der Waals surface area contributed by atoms with E-state index in [0.717, 1.165) is 22.2 Å². The molecular formula is C27H32N6O4S. The van der Waals surface area contributed by atoms with E-state index in [2.05, 4.69) is 18.9 Å². The zero-order chi connectivity index (χ0) is 27.4. The summed E-state index contributed by atoms with van der Waals surface area (Å²) in [5.41, 5.74) is 3.23. The normalized spacial score (nSPS) is 15.7. The van der Waals surface area contributed by atoms with Crippen LogP contribution in [0.3, 0.4) is 0 Å². The van der Waals surface area contributed by atoms with Crippen molar-refractivity contribution in [1.29, 1.82) is 0 Å². The van der Waals surface area contributed by atoms with Crippen LogP contribution in [0.2, 0.25) is 0 Å². The average molecular weight is 537 g/mol. The second-order valence-electron chi connectivity index (χ2n) is 10.8. The van der Waals surface area contributed by atoms with Gasteiger partial charge in [-0.2, -0.15) is 14.6 Å². The summed E-state index contributed by atoms with van der Waals surface area (Å²) < 4.78 is 8.87. The maximum Gasteiger partial charge on any atom is 0.417 e. The van der Waals surface area contributed by atoms with Crippen molar-refractivity contribution in [2.24, 2.45) is 0 Å². The first-order valence-corrected chi connectivity index (χ1v) is 13.9. The first-order valence-electron chi connectivity index (χ1n) is 12.7. The van der Waals surface area contributed by atoms with Crippen LogP contribution in [0.15, 0.2) is 35.6 Å². The number of nitrogens with zero attached hydrogens (tertiary/aromatic N) is 6. The molecule has 0 saturated carbocycles. The third-order valence-electron chi connectivity index (χ3n) is 6.77. The van der Waals surface area contributed by atoms with Crippen molar-refractivity contribution in [3.05, 3.63) is 47.3 Å². The van der Waals surface area contributed by atoms with E-state index in [9.17, 15) is 14.7 Å². The summed E-state index contributed by atoms with van der Waals surface area (Å²) in [6, 6.07) is 7.16. The van der Waals surface area contributed by atoms with E-state index in [1.54, 1.807) is 15.6 Å². The summed E-state index contributed by atoms with van der Waals surface area (Å²) in [7, 11) is 0. The van der Waals surface area contributed by atoms with Crippen LogP contribution < -0.4 is 4.90 Å². The van der Waals surface area contributed by atoms with Crippen molar-refractivity contribution in [3.63, 3.8) is 0 Å². The van der Waals surface area contributed by atoms with Crippen molar-refractivity contribution in [2.75, 3.05) is 11.2 Å². The highest BCUT2D eigenvalue weighted by Gasteiger charge is 2.38. The smallest absolute Gasteiger partial charge is 0.417 e. The van der Waals surface area contributed by atoms with Gasteiger partial charge >= 0.3 is 12.2 Å². The molecular weight excluding hydrogens is 504 g/mol. The van der Waals surface area contributed by atoms with Crippen LogP contribution in [0.1, 0.15) is 63.8 Å². The maximum atomic E-state index is 13.8. The fourth-order valence-electron chi connectivity index (χ4n) is 5.15. The Bertz CT molecular complexity index is 1550. The topological polar surface area (TPSA) is 115 Å². The lowest BCUT2D eigenvalue weighted by atomic mass is 9.90. The van der Waals surface area contributed by atoms with Gasteiger partial charge in [0.05, 0.1) is 11.7 Å². The second-order valence-corrected chi connectivity index (χ2v) is 11.6. The number of amides is 1. The fourth-order valence-corrected chi connectivity index (χ4v) is 5.50. The van der Waals surface area contributed by atoms with E-state index in [-0.39, 0.29) is 12.0 Å². The highest BCUT2D eigenvalue weighted by molar-refractivity contribution is 7.98. The van der Waals surface area contributed by atoms with Gasteiger partial charge in [-0.15, -0.1) is 0 Å². The molecule has 0 unspecified atom stereocenters. The van der Waals surface area contributed by atoms with Gasteiger partial charge in [0.25, 0.3) is 0 Å². The lowest BCUT2D eigenvalue weighted by Crippen LogP contribution is -2.47. The number of fused-ring (bicyclic) bond motifs is 4. The number of carboxylic acid groups (broad SMARTS) is 1. The van der Waals surface area contributed by atoms with Crippen LogP contribution >= 0.6 is 11.8 Å². The Kier molecular flexibility index (Phi) is 6.58. The molecule has 1 aliphatic carbocycles. The minimum absolute atomic E-state index is 0.180. The lowest BCUT2D eigenvalue weighted by Gasteiger charge is -2.35. The molecule has 11 heteroatoms. The molecule has 0 spiro atoms. The van der Waals surface area contributed by atoms with Crippen molar-refractivity contribution in [3.8, 4) is 0 Å². The number of para-hydroxylation sites is 1. The number of thioether (sulfide) groups is 1. The molecule has 38 heavy (non-hydrogen) atoms. The van der Waals surface area contributed by atoms with E-state index in [1.807, 2.05) is 51.3 Å². The van der Waals surface area contributed by atoms with E-state index in [4.69, 9.17) is 14.7 Å². The van der Waals surface area contributed by atoms with E-state index < -0.39 is 17.8 Å². The molecule has 0 radical (unpaired) electrons. The molecule has 3 aromatic heterocycles. The first-order chi connectivity index (χ1) is 18.0. The molecule has 3 heterocycles. The highest BCUT2D eigenvalue weighted by atomic mass is 32.2. The molecule has 0 bridgehead atoms. The number of hydrogen-bond donors (Lipinski definition) is 1. The minimum atomic E-state index is -1.01. The van der Waals surface area contributed by atoms with Crippen molar-refractivity contribution in [2.45, 2.75) is 76.6 Å².